The molecule has 6 heteroatoms. The predicted octanol–water partition coefficient (Wildman–Crippen LogP) is 2.24. The van der Waals surface area contributed by atoms with E-state index in [-0.39, 0.29) is 18.4 Å². The highest BCUT2D eigenvalue weighted by molar-refractivity contribution is 5.97. The Labute approximate surface area is 146 Å². The molecule has 2 rings (SSSR count). The maximum atomic E-state index is 12.2. The summed E-state index contributed by atoms with van der Waals surface area (Å²) in [6.45, 7) is 1.60. The van der Waals surface area contributed by atoms with Crippen LogP contribution in [0.15, 0.2) is 48.5 Å². The molecule has 2 amide bonds. The summed E-state index contributed by atoms with van der Waals surface area (Å²) in [7, 11) is 1.57. The molecule has 0 spiro atoms. The van der Waals surface area contributed by atoms with Crippen LogP contribution in [0.3, 0.4) is 0 Å². The van der Waals surface area contributed by atoms with Crippen LogP contribution in [-0.4, -0.2) is 25.5 Å². The molecule has 0 unspecified atom stereocenters. The van der Waals surface area contributed by atoms with Crippen molar-refractivity contribution < 1.29 is 14.3 Å². The van der Waals surface area contributed by atoms with Gasteiger partial charge in [0.05, 0.1) is 18.7 Å². The number of nitrogens with zero attached hydrogens (tertiary/aromatic N) is 2. The van der Waals surface area contributed by atoms with Crippen molar-refractivity contribution in [2.24, 2.45) is 0 Å². The van der Waals surface area contributed by atoms with Crippen LogP contribution >= 0.6 is 0 Å². The van der Waals surface area contributed by atoms with E-state index in [0.29, 0.717) is 23.5 Å². The van der Waals surface area contributed by atoms with Gasteiger partial charge in [0.2, 0.25) is 11.8 Å². The monoisotopic (exact) mass is 337 g/mol. The van der Waals surface area contributed by atoms with Crippen molar-refractivity contribution in [2.75, 3.05) is 18.6 Å². The first kappa shape index (κ1) is 18.0. The van der Waals surface area contributed by atoms with Crippen molar-refractivity contribution in [3.8, 4) is 11.8 Å². The molecule has 0 radical (unpaired) electrons. The smallest absolute Gasteiger partial charge is 0.240 e. The predicted molar refractivity (Wildman–Crippen MR) is 94.0 cm³/mol. The van der Waals surface area contributed by atoms with Gasteiger partial charge in [-0.25, -0.2) is 0 Å². The second kappa shape index (κ2) is 8.50. The van der Waals surface area contributed by atoms with Gasteiger partial charge in [-0.1, -0.05) is 18.2 Å². The Hall–Kier alpha value is -3.33. The van der Waals surface area contributed by atoms with Gasteiger partial charge in [0.15, 0.2) is 0 Å². The molecule has 2 aromatic carbocycles. The van der Waals surface area contributed by atoms with E-state index in [2.05, 4.69) is 5.32 Å². The summed E-state index contributed by atoms with van der Waals surface area (Å²) in [5.41, 5.74) is 1.91. The summed E-state index contributed by atoms with van der Waals surface area (Å²) in [6, 6.07) is 15.9. The normalized spacial score (nSPS) is 9.80. The van der Waals surface area contributed by atoms with Crippen LogP contribution in [0.2, 0.25) is 0 Å². The zero-order valence-corrected chi connectivity index (χ0v) is 14.2. The van der Waals surface area contributed by atoms with Crippen molar-refractivity contribution in [2.45, 2.75) is 13.5 Å². The minimum absolute atomic E-state index is 0.101. The number of methoxy groups -OCH3 is 1. The van der Waals surface area contributed by atoms with Crippen molar-refractivity contribution in [3.05, 3.63) is 59.7 Å². The van der Waals surface area contributed by atoms with Gasteiger partial charge in [-0.05, 0) is 30.3 Å². The van der Waals surface area contributed by atoms with E-state index in [1.54, 1.807) is 31.4 Å². The molecule has 6 nitrogen and oxygen atoms in total. The van der Waals surface area contributed by atoms with Gasteiger partial charge in [-0.3, -0.25) is 9.59 Å². The number of carbonyl (C=O) groups is 2. The van der Waals surface area contributed by atoms with E-state index in [1.165, 1.54) is 11.8 Å². The summed E-state index contributed by atoms with van der Waals surface area (Å²) in [5.74, 6) is 0.154. The molecule has 0 fully saturated rings. The van der Waals surface area contributed by atoms with Crippen LogP contribution < -0.4 is 15.0 Å². The van der Waals surface area contributed by atoms with Crippen LogP contribution in [0.4, 0.5) is 5.69 Å². The fraction of sp³-hybridized carbons (Fsp3) is 0.211. The average Bonchev–Trinajstić information content (AvgIpc) is 2.64. The van der Waals surface area contributed by atoms with Crippen LogP contribution in [0, 0.1) is 11.3 Å². The summed E-state index contributed by atoms with van der Waals surface area (Å²) in [5, 5.41) is 11.6. The number of nitriles is 1. The Morgan fingerprint density at radius 3 is 2.44 bits per heavy atom. The maximum Gasteiger partial charge on any atom is 0.240 e. The van der Waals surface area contributed by atoms with Gasteiger partial charge in [-0.15, -0.1) is 0 Å². The Balaban J connectivity index is 2.02. The van der Waals surface area contributed by atoms with Gasteiger partial charge in [0.1, 0.15) is 12.3 Å². The SMILES string of the molecule is COc1ccccc1CNC(=O)CN(C(C)=O)c1ccc(C#N)cc1. The highest BCUT2D eigenvalue weighted by atomic mass is 16.5. The van der Waals surface area contributed by atoms with Crippen LogP contribution in [0.25, 0.3) is 0 Å². The molecule has 1 N–H and O–H groups in total. The Bertz CT molecular complexity index is 794. The number of ether oxygens (including phenoxy) is 1. The summed E-state index contributed by atoms with van der Waals surface area (Å²) >= 11 is 0. The maximum absolute atomic E-state index is 12.2. The third-order valence-electron chi connectivity index (χ3n) is 3.66. The lowest BCUT2D eigenvalue weighted by molar-refractivity contribution is -0.123. The quantitative estimate of drug-likeness (QED) is 0.876. The molecular weight excluding hydrogens is 318 g/mol. The topological polar surface area (TPSA) is 82.4 Å². The largest absolute Gasteiger partial charge is 0.496 e. The first-order chi connectivity index (χ1) is 12.0. The lowest BCUT2D eigenvalue weighted by Crippen LogP contribution is -2.39. The Kier molecular flexibility index (Phi) is 6.13. The van der Waals surface area contributed by atoms with E-state index in [9.17, 15) is 9.59 Å². The fourth-order valence-electron chi connectivity index (χ4n) is 2.34. The Morgan fingerprint density at radius 1 is 1.16 bits per heavy atom. The van der Waals surface area contributed by atoms with E-state index >= 15 is 0 Å². The number of rotatable bonds is 6. The van der Waals surface area contributed by atoms with Crippen LogP contribution in [-0.2, 0) is 16.1 Å². The van der Waals surface area contributed by atoms with Gasteiger partial charge in [-0.2, -0.15) is 5.26 Å². The first-order valence-electron chi connectivity index (χ1n) is 7.72. The second-order valence-electron chi connectivity index (χ2n) is 5.35. The first-order valence-corrected chi connectivity index (χ1v) is 7.72. The number of anilines is 1. The number of amides is 2. The molecule has 0 aliphatic heterocycles. The Morgan fingerprint density at radius 2 is 1.84 bits per heavy atom. The highest BCUT2D eigenvalue weighted by Crippen LogP contribution is 2.17. The molecule has 0 aromatic heterocycles. The number of benzene rings is 2. The zero-order chi connectivity index (χ0) is 18.2. The molecular formula is C19H19N3O3. The van der Waals surface area contributed by atoms with Crippen molar-refractivity contribution in [3.63, 3.8) is 0 Å². The van der Waals surface area contributed by atoms with Crippen LogP contribution in [0.5, 0.6) is 5.75 Å². The van der Waals surface area contributed by atoms with Gasteiger partial charge in [0.25, 0.3) is 0 Å². The van der Waals surface area contributed by atoms with E-state index in [4.69, 9.17) is 10.00 Å². The van der Waals surface area contributed by atoms with Crippen molar-refractivity contribution in [1.29, 1.82) is 5.26 Å². The number of carbonyl (C=O) groups excluding carboxylic acids is 2. The molecule has 0 bridgehead atoms. The third-order valence-corrected chi connectivity index (χ3v) is 3.66. The van der Waals surface area contributed by atoms with Gasteiger partial charge < -0.3 is 15.0 Å². The molecule has 25 heavy (non-hydrogen) atoms. The minimum atomic E-state index is -0.287. The van der Waals surface area contributed by atoms with Crippen molar-refractivity contribution >= 4 is 17.5 Å². The molecule has 0 heterocycles. The second-order valence-corrected chi connectivity index (χ2v) is 5.35. The van der Waals surface area contributed by atoms with Gasteiger partial charge in [0, 0.05) is 24.7 Å². The van der Waals surface area contributed by atoms with Crippen molar-refractivity contribution in [1.82, 2.24) is 5.32 Å². The lowest BCUT2D eigenvalue weighted by atomic mass is 10.2. The summed E-state index contributed by atoms with van der Waals surface area (Å²) in [4.78, 5) is 25.5. The highest BCUT2D eigenvalue weighted by Gasteiger charge is 2.16. The summed E-state index contributed by atoms with van der Waals surface area (Å²) < 4.78 is 5.25. The number of hydrogen-bond donors (Lipinski definition) is 1. The number of para-hydroxylation sites is 1. The van der Waals surface area contributed by atoms with E-state index in [1.807, 2.05) is 30.3 Å². The number of hydrogen-bond acceptors (Lipinski definition) is 4. The van der Waals surface area contributed by atoms with Crippen LogP contribution in [0.1, 0.15) is 18.1 Å². The molecule has 2 aromatic rings. The van der Waals surface area contributed by atoms with Gasteiger partial charge >= 0.3 is 0 Å². The van der Waals surface area contributed by atoms with E-state index < -0.39 is 0 Å². The fourth-order valence-corrected chi connectivity index (χ4v) is 2.34. The number of nitrogens with one attached hydrogen (secondary N) is 1. The molecule has 0 saturated heterocycles. The molecule has 0 aliphatic rings. The molecule has 0 atom stereocenters. The molecule has 0 saturated carbocycles. The lowest BCUT2D eigenvalue weighted by Gasteiger charge is -2.21. The third kappa shape index (κ3) is 4.82. The van der Waals surface area contributed by atoms with E-state index in [0.717, 1.165) is 5.56 Å². The minimum Gasteiger partial charge on any atom is -0.496 e. The standard InChI is InChI=1S/C19H19N3O3/c1-14(23)22(17-9-7-15(11-20)8-10-17)13-19(24)21-12-16-5-3-4-6-18(16)25-2/h3-10H,12-13H2,1-2H3,(H,21,24). The molecule has 0 aliphatic carbocycles. The summed E-state index contributed by atoms with van der Waals surface area (Å²) in [6.07, 6.45) is 0. The molecule has 128 valence electrons. The zero-order valence-electron chi connectivity index (χ0n) is 14.2. The average molecular weight is 337 g/mol.